The van der Waals surface area contributed by atoms with Crippen molar-refractivity contribution in [3.63, 3.8) is 0 Å². The van der Waals surface area contributed by atoms with Gasteiger partial charge in [0, 0.05) is 43.1 Å². The van der Waals surface area contributed by atoms with Gasteiger partial charge in [-0.2, -0.15) is 5.10 Å². The van der Waals surface area contributed by atoms with Gasteiger partial charge in [-0.1, -0.05) is 0 Å². The van der Waals surface area contributed by atoms with Gasteiger partial charge in [0.25, 0.3) is 0 Å². The Morgan fingerprint density at radius 1 is 1.29 bits per heavy atom. The highest BCUT2D eigenvalue weighted by molar-refractivity contribution is 5.09. The van der Waals surface area contributed by atoms with Crippen molar-refractivity contribution in [3.05, 3.63) is 42.2 Å². The third-order valence-electron chi connectivity index (χ3n) is 4.16. The van der Waals surface area contributed by atoms with E-state index in [0.717, 1.165) is 19.6 Å². The van der Waals surface area contributed by atoms with Gasteiger partial charge in [0.05, 0.1) is 5.69 Å². The smallest absolute Gasteiger partial charge is 0.115 e. The largest absolute Gasteiger partial charge is 0.297 e. The maximum Gasteiger partial charge on any atom is 0.115 e. The summed E-state index contributed by atoms with van der Waals surface area (Å²) in [5.74, 6) is 0.525. The predicted molar refractivity (Wildman–Crippen MR) is 81.9 cm³/mol. The van der Waals surface area contributed by atoms with E-state index < -0.39 is 0 Å². The van der Waals surface area contributed by atoms with Crippen LogP contribution in [0.4, 0.5) is 0 Å². The molecule has 21 heavy (non-hydrogen) atoms. The molecule has 1 fully saturated rings. The minimum Gasteiger partial charge on any atom is -0.297 e. The van der Waals surface area contributed by atoms with Crippen LogP contribution < -0.4 is 0 Å². The molecular weight excluding hydrogens is 262 g/mol. The van der Waals surface area contributed by atoms with E-state index in [1.165, 1.54) is 24.2 Å². The zero-order valence-corrected chi connectivity index (χ0v) is 12.8. The molecule has 5 heteroatoms. The second kappa shape index (κ2) is 6.35. The maximum absolute atomic E-state index is 4.43. The Labute approximate surface area is 126 Å². The zero-order chi connectivity index (χ0) is 14.7. The first kappa shape index (κ1) is 14.2. The number of aromatic nitrogens is 4. The number of nitrogens with zero attached hydrogens (tertiary/aromatic N) is 5. The SMILES string of the molecule is CC(C)n1nccc1CN1CCC[C@H](c2ccncn2)C1. The number of likely N-dealkylation sites (tertiary alicyclic amines) is 1. The fraction of sp³-hybridized carbons (Fsp3) is 0.562. The summed E-state index contributed by atoms with van der Waals surface area (Å²) in [6, 6.07) is 4.60. The monoisotopic (exact) mass is 285 g/mol. The van der Waals surface area contributed by atoms with Gasteiger partial charge in [-0.15, -0.1) is 0 Å². The fourth-order valence-corrected chi connectivity index (χ4v) is 3.14. The third kappa shape index (κ3) is 3.29. The molecule has 0 radical (unpaired) electrons. The van der Waals surface area contributed by atoms with E-state index in [-0.39, 0.29) is 0 Å². The second-order valence-corrected chi connectivity index (χ2v) is 6.07. The van der Waals surface area contributed by atoms with Gasteiger partial charge < -0.3 is 0 Å². The molecule has 0 amide bonds. The van der Waals surface area contributed by atoms with Gasteiger partial charge in [0.15, 0.2) is 0 Å². The minimum atomic E-state index is 0.414. The summed E-state index contributed by atoms with van der Waals surface area (Å²) >= 11 is 0. The summed E-state index contributed by atoms with van der Waals surface area (Å²) in [5.41, 5.74) is 2.47. The van der Waals surface area contributed by atoms with Crippen molar-refractivity contribution in [1.29, 1.82) is 0 Å². The summed E-state index contributed by atoms with van der Waals surface area (Å²) in [6.45, 7) is 7.55. The van der Waals surface area contributed by atoms with Gasteiger partial charge in [-0.25, -0.2) is 9.97 Å². The van der Waals surface area contributed by atoms with Gasteiger partial charge in [-0.3, -0.25) is 9.58 Å². The summed E-state index contributed by atoms with van der Waals surface area (Å²) in [7, 11) is 0. The van der Waals surface area contributed by atoms with Gasteiger partial charge in [-0.05, 0) is 45.4 Å². The molecule has 0 N–H and O–H groups in total. The van der Waals surface area contributed by atoms with Crippen molar-refractivity contribution in [1.82, 2.24) is 24.6 Å². The summed E-state index contributed by atoms with van der Waals surface area (Å²) in [6.07, 6.45) is 7.85. The Morgan fingerprint density at radius 2 is 2.19 bits per heavy atom. The normalized spacial score (nSPS) is 20.0. The third-order valence-corrected chi connectivity index (χ3v) is 4.16. The van der Waals surface area contributed by atoms with E-state index in [1.807, 2.05) is 18.5 Å². The van der Waals surface area contributed by atoms with Crippen LogP contribution in [-0.2, 0) is 6.54 Å². The summed E-state index contributed by atoms with van der Waals surface area (Å²) < 4.78 is 2.12. The molecule has 0 unspecified atom stereocenters. The van der Waals surface area contributed by atoms with Crippen molar-refractivity contribution in [2.45, 2.75) is 45.2 Å². The lowest BCUT2D eigenvalue weighted by Gasteiger charge is -2.32. The highest BCUT2D eigenvalue weighted by Gasteiger charge is 2.23. The van der Waals surface area contributed by atoms with E-state index in [1.54, 1.807) is 6.33 Å². The molecule has 0 saturated carbocycles. The van der Waals surface area contributed by atoms with Crippen molar-refractivity contribution < 1.29 is 0 Å². The molecule has 0 bridgehead atoms. The van der Waals surface area contributed by atoms with Crippen LogP contribution in [0.15, 0.2) is 30.9 Å². The van der Waals surface area contributed by atoms with Gasteiger partial charge >= 0.3 is 0 Å². The zero-order valence-electron chi connectivity index (χ0n) is 12.8. The first-order chi connectivity index (χ1) is 10.2. The summed E-state index contributed by atoms with van der Waals surface area (Å²) in [5, 5.41) is 4.43. The standard InChI is InChI=1S/C16H23N5/c1-13(2)21-15(5-8-19-21)11-20-9-3-4-14(10-20)16-6-7-17-12-18-16/h5-8,12-14H,3-4,9-11H2,1-2H3/t14-/m0/s1. The Morgan fingerprint density at radius 3 is 2.95 bits per heavy atom. The number of rotatable bonds is 4. The molecule has 3 rings (SSSR count). The lowest BCUT2D eigenvalue weighted by Crippen LogP contribution is -2.35. The molecule has 1 atom stereocenters. The average molecular weight is 285 g/mol. The molecule has 1 saturated heterocycles. The lowest BCUT2D eigenvalue weighted by atomic mass is 9.94. The van der Waals surface area contributed by atoms with Crippen LogP contribution in [0.3, 0.4) is 0 Å². The molecule has 1 aliphatic heterocycles. The number of piperidine rings is 1. The number of hydrogen-bond donors (Lipinski definition) is 0. The molecule has 0 aromatic carbocycles. The maximum atomic E-state index is 4.43. The Kier molecular flexibility index (Phi) is 4.29. The van der Waals surface area contributed by atoms with Crippen molar-refractivity contribution in [3.8, 4) is 0 Å². The molecule has 0 spiro atoms. The quantitative estimate of drug-likeness (QED) is 0.866. The molecule has 2 aromatic heterocycles. The van der Waals surface area contributed by atoms with Crippen LogP contribution in [0.25, 0.3) is 0 Å². The van der Waals surface area contributed by atoms with E-state index in [2.05, 4.69) is 44.6 Å². The molecule has 1 aliphatic rings. The number of hydrogen-bond acceptors (Lipinski definition) is 4. The minimum absolute atomic E-state index is 0.414. The Bertz CT molecular complexity index is 563. The van der Waals surface area contributed by atoms with E-state index >= 15 is 0 Å². The van der Waals surface area contributed by atoms with Crippen molar-refractivity contribution in [2.24, 2.45) is 0 Å². The summed E-state index contributed by atoms with van der Waals surface area (Å²) in [4.78, 5) is 11.0. The Balaban J connectivity index is 1.68. The molecule has 112 valence electrons. The van der Waals surface area contributed by atoms with Gasteiger partial charge in [0.2, 0.25) is 0 Å². The van der Waals surface area contributed by atoms with Crippen molar-refractivity contribution in [2.75, 3.05) is 13.1 Å². The topological polar surface area (TPSA) is 46.8 Å². The Hall–Kier alpha value is -1.75. The second-order valence-electron chi connectivity index (χ2n) is 6.07. The lowest BCUT2D eigenvalue weighted by molar-refractivity contribution is 0.192. The molecule has 3 heterocycles. The molecular formula is C16H23N5. The highest BCUT2D eigenvalue weighted by atomic mass is 15.3. The van der Waals surface area contributed by atoms with Crippen molar-refractivity contribution >= 4 is 0 Å². The van der Waals surface area contributed by atoms with Crippen LogP contribution in [0, 0.1) is 0 Å². The fourth-order valence-electron chi connectivity index (χ4n) is 3.14. The molecule has 5 nitrogen and oxygen atoms in total. The van der Waals surface area contributed by atoms with Crippen LogP contribution in [0.1, 0.15) is 50.0 Å². The van der Waals surface area contributed by atoms with Crippen LogP contribution in [-0.4, -0.2) is 37.7 Å². The van der Waals surface area contributed by atoms with E-state index in [9.17, 15) is 0 Å². The average Bonchev–Trinajstić information content (AvgIpc) is 2.97. The van der Waals surface area contributed by atoms with Gasteiger partial charge in [0.1, 0.15) is 6.33 Å². The van der Waals surface area contributed by atoms with Crippen LogP contribution in [0.5, 0.6) is 0 Å². The predicted octanol–water partition coefficient (Wildman–Crippen LogP) is 2.63. The highest BCUT2D eigenvalue weighted by Crippen LogP contribution is 2.26. The first-order valence-corrected chi connectivity index (χ1v) is 7.74. The molecule has 2 aromatic rings. The van der Waals surface area contributed by atoms with Crippen LogP contribution >= 0.6 is 0 Å². The van der Waals surface area contributed by atoms with Crippen LogP contribution in [0.2, 0.25) is 0 Å². The molecule has 0 aliphatic carbocycles. The van der Waals surface area contributed by atoms with E-state index in [4.69, 9.17) is 0 Å². The van der Waals surface area contributed by atoms with E-state index in [0.29, 0.717) is 12.0 Å². The first-order valence-electron chi connectivity index (χ1n) is 7.74.